The van der Waals surface area contributed by atoms with Crippen molar-refractivity contribution in [1.82, 2.24) is 4.57 Å². The van der Waals surface area contributed by atoms with Crippen LogP contribution in [0.25, 0.3) is 10.9 Å². The first-order chi connectivity index (χ1) is 11.2. The van der Waals surface area contributed by atoms with Crippen LogP contribution in [0.1, 0.15) is 22.8 Å². The normalized spacial score (nSPS) is 10.9. The van der Waals surface area contributed by atoms with E-state index >= 15 is 0 Å². The molecule has 3 aromatic rings. The molecule has 23 heavy (non-hydrogen) atoms. The molecular weight excluding hydrogens is 290 g/mol. The predicted molar refractivity (Wildman–Crippen MR) is 89.8 cm³/mol. The second kappa shape index (κ2) is 6.67. The Hall–Kier alpha value is -2.59. The lowest BCUT2D eigenvalue weighted by molar-refractivity contribution is 0.0843. The minimum absolute atomic E-state index is 0.0466. The first-order valence-corrected chi connectivity index (χ1v) is 7.67. The van der Waals surface area contributed by atoms with Gasteiger partial charge in [-0.25, -0.2) is 0 Å². The second-order valence-corrected chi connectivity index (χ2v) is 5.38. The second-order valence-electron chi connectivity index (χ2n) is 5.38. The molecule has 4 heteroatoms. The number of fused-ring (bicyclic) bond motifs is 1. The molecule has 0 aliphatic heterocycles. The van der Waals surface area contributed by atoms with E-state index in [9.17, 15) is 9.90 Å². The molecule has 0 aliphatic carbocycles. The van der Waals surface area contributed by atoms with Gasteiger partial charge in [0.2, 0.25) is 0 Å². The molecule has 3 rings (SSSR count). The summed E-state index contributed by atoms with van der Waals surface area (Å²) < 4.78 is 7.12. The molecule has 0 unspecified atom stereocenters. The summed E-state index contributed by atoms with van der Waals surface area (Å²) >= 11 is 0. The van der Waals surface area contributed by atoms with Crippen LogP contribution < -0.4 is 4.74 Å². The SMILES string of the molecule is CCc1ccc(OCC(=O)n2cc(CO)c3ccccc32)cc1. The maximum atomic E-state index is 12.4. The van der Waals surface area contributed by atoms with Gasteiger partial charge in [0.05, 0.1) is 12.1 Å². The molecule has 1 heterocycles. The number of carbonyl (C=O) groups is 1. The Balaban J connectivity index is 1.78. The van der Waals surface area contributed by atoms with Crippen molar-refractivity contribution in [2.75, 3.05) is 6.61 Å². The van der Waals surface area contributed by atoms with Crippen LogP contribution in [0.4, 0.5) is 0 Å². The van der Waals surface area contributed by atoms with Crippen LogP contribution in [-0.2, 0) is 13.0 Å². The lowest BCUT2D eigenvalue weighted by Gasteiger charge is -2.07. The summed E-state index contributed by atoms with van der Waals surface area (Å²) in [5.41, 5.74) is 2.75. The van der Waals surface area contributed by atoms with Crippen LogP contribution in [0.3, 0.4) is 0 Å². The Morgan fingerprint density at radius 2 is 1.87 bits per heavy atom. The van der Waals surface area contributed by atoms with E-state index in [1.54, 1.807) is 10.8 Å². The number of aliphatic hydroxyl groups is 1. The van der Waals surface area contributed by atoms with E-state index in [0.717, 1.165) is 22.9 Å². The lowest BCUT2D eigenvalue weighted by Crippen LogP contribution is -2.18. The monoisotopic (exact) mass is 309 g/mol. The molecule has 0 amide bonds. The van der Waals surface area contributed by atoms with Gasteiger partial charge in [0, 0.05) is 17.1 Å². The first kappa shape index (κ1) is 15.3. The van der Waals surface area contributed by atoms with Crippen molar-refractivity contribution in [3.8, 4) is 5.75 Å². The number of ether oxygens (including phenoxy) is 1. The molecule has 1 aromatic heterocycles. The number of carbonyl (C=O) groups excluding carboxylic acids is 1. The first-order valence-electron chi connectivity index (χ1n) is 7.67. The van der Waals surface area contributed by atoms with Gasteiger partial charge >= 0.3 is 0 Å². The highest BCUT2D eigenvalue weighted by atomic mass is 16.5. The quantitative estimate of drug-likeness (QED) is 0.785. The number of rotatable bonds is 5. The van der Waals surface area contributed by atoms with Crippen molar-refractivity contribution in [3.63, 3.8) is 0 Å². The Kier molecular flexibility index (Phi) is 4.44. The molecule has 2 aromatic carbocycles. The van der Waals surface area contributed by atoms with Gasteiger partial charge < -0.3 is 9.84 Å². The van der Waals surface area contributed by atoms with Crippen molar-refractivity contribution in [3.05, 3.63) is 65.9 Å². The highest BCUT2D eigenvalue weighted by Crippen LogP contribution is 2.21. The summed E-state index contributed by atoms with van der Waals surface area (Å²) in [4.78, 5) is 12.4. The molecule has 0 aliphatic rings. The maximum absolute atomic E-state index is 12.4. The Bertz CT molecular complexity index is 818. The van der Waals surface area contributed by atoms with Crippen LogP contribution in [0.5, 0.6) is 5.75 Å². The van der Waals surface area contributed by atoms with E-state index in [4.69, 9.17) is 4.74 Å². The van der Waals surface area contributed by atoms with Crippen LogP contribution in [-0.4, -0.2) is 22.2 Å². The lowest BCUT2D eigenvalue weighted by atomic mass is 10.2. The molecule has 0 spiro atoms. The van der Waals surface area contributed by atoms with E-state index in [1.165, 1.54) is 5.56 Å². The topological polar surface area (TPSA) is 51.5 Å². The molecule has 0 atom stereocenters. The van der Waals surface area contributed by atoms with Crippen LogP contribution in [0.2, 0.25) is 0 Å². The smallest absolute Gasteiger partial charge is 0.268 e. The number of aryl methyl sites for hydroxylation is 1. The number of hydrogen-bond acceptors (Lipinski definition) is 3. The fraction of sp³-hybridized carbons (Fsp3) is 0.211. The number of hydrogen-bond donors (Lipinski definition) is 1. The zero-order chi connectivity index (χ0) is 16.2. The van der Waals surface area contributed by atoms with Crippen molar-refractivity contribution >= 4 is 16.8 Å². The summed E-state index contributed by atoms with van der Waals surface area (Å²) in [6.45, 7) is 1.95. The average molecular weight is 309 g/mol. The molecule has 0 bridgehead atoms. The molecule has 0 saturated heterocycles. The molecule has 0 saturated carbocycles. The van der Waals surface area contributed by atoms with Gasteiger partial charge in [-0.3, -0.25) is 9.36 Å². The zero-order valence-electron chi connectivity index (χ0n) is 13.0. The fourth-order valence-corrected chi connectivity index (χ4v) is 2.62. The third-order valence-electron chi connectivity index (χ3n) is 3.93. The standard InChI is InChI=1S/C19H19NO3/c1-2-14-7-9-16(10-8-14)23-13-19(22)20-11-15(12-21)17-5-3-4-6-18(17)20/h3-11,21H,2,12-13H2,1H3. The van der Waals surface area contributed by atoms with E-state index < -0.39 is 0 Å². The summed E-state index contributed by atoms with van der Waals surface area (Å²) in [6, 6.07) is 15.3. The van der Waals surface area contributed by atoms with Crippen molar-refractivity contribution in [2.24, 2.45) is 0 Å². The Labute approximate surface area is 134 Å². The fourth-order valence-electron chi connectivity index (χ4n) is 2.62. The Morgan fingerprint density at radius 1 is 1.13 bits per heavy atom. The zero-order valence-corrected chi connectivity index (χ0v) is 13.0. The van der Waals surface area contributed by atoms with Gasteiger partial charge in [-0.1, -0.05) is 37.3 Å². The Morgan fingerprint density at radius 3 is 2.57 bits per heavy atom. The maximum Gasteiger partial charge on any atom is 0.268 e. The summed E-state index contributed by atoms with van der Waals surface area (Å²) in [5, 5.41) is 10.3. The van der Waals surface area contributed by atoms with Gasteiger partial charge in [-0.15, -0.1) is 0 Å². The van der Waals surface area contributed by atoms with Crippen molar-refractivity contribution in [1.29, 1.82) is 0 Å². The number of para-hydroxylation sites is 1. The summed E-state index contributed by atoms with van der Waals surface area (Å²) in [6.07, 6.45) is 2.65. The minimum atomic E-state index is -0.166. The van der Waals surface area contributed by atoms with Crippen molar-refractivity contribution < 1.29 is 14.6 Å². The number of benzene rings is 2. The number of aromatic nitrogens is 1. The van der Waals surface area contributed by atoms with E-state index in [2.05, 4.69) is 6.92 Å². The highest BCUT2D eigenvalue weighted by Gasteiger charge is 2.13. The third-order valence-corrected chi connectivity index (χ3v) is 3.93. The van der Waals surface area contributed by atoms with Crippen molar-refractivity contribution in [2.45, 2.75) is 20.0 Å². The van der Waals surface area contributed by atoms with Gasteiger partial charge in [0.15, 0.2) is 6.61 Å². The minimum Gasteiger partial charge on any atom is -0.484 e. The highest BCUT2D eigenvalue weighted by molar-refractivity contribution is 5.95. The summed E-state index contributed by atoms with van der Waals surface area (Å²) in [5.74, 6) is 0.509. The number of nitrogens with zero attached hydrogens (tertiary/aromatic N) is 1. The van der Waals surface area contributed by atoms with Crippen LogP contribution in [0, 0.1) is 0 Å². The van der Waals surface area contributed by atoms with Crippen LogP contribution >= 0.6 is 0 Å². The molecular formula is C19H19NO3. The number of aliphatic hydroxyl groups excluding tert-OH is 1. The molecule has 1 N–H and O–H groups in total. The summed E-state index contributed by atoms with van der Waals surface area (Å²) in [7, 11) is 0. The van der Waals surface area contributed by atoms with Gasteiger partial charge in [-0.05, 0) is 30.2 Å². The molecule has 0 fully saturated rings. The van der Waals surface area contributed by atoms with E-state index in [1.807, 2.05) is 48.5 Å². The molecule has 0 radical (unpaired) electrons. The van der Waals surface area contributed by atoms with E-state index in [0.29, 0.717) is 5.75 Å². The largest absolute Gasteiger partial charge is 0.484 e. The average Bonchev–Trinajstić information content (AvgIpc) is 2.99. The molecule has 118 valence electrons. The van der Waals surface area contributed by atoms with Gasteiger partial charge in [-0.2, -0.15) is 0 Å². The van der Waals surface area contributed by atoms with E-state index in [-0.39, 0.29) is 19.1 Å². The predicted octanol–water partition coefficient (Wildman–Crippen LogP) is 3.42. The molecule has 4 nitrogen and oxygen atoms in total. The van der Waals surface area contributed by atoms with Gasteiger partial charge in [0.1, 0.15) is 5.75 Å². The third kappa shape index (κ3) is 3.12. The van der Waals surface area contributed by atoms with Crippen LogP contribution in [0.15, 0.2) is 54.7 Å². The van der Waals surface area contributed by atoms with Gasteiger partial charge in [0.25, 0.3) is 5.91 Å².